The Balaban J connectivity index is 2.08. The summed E-state index contributed by atoms with van der Waals surface area (Å²) >= 11 is 0. The van der Waals surface area contributed by atoms with Crippen molar-refractivity contribution in [1.82, 2.24) is 5.32 Å². The predicted octanol–water partition coefficient (Wildman–Crippen LogP) is 4.85. The van der Waals surface area contributed by atoms with Gasteiger partial charge in [0.1, 0.15) is 5.82 Å². The molecule has 2 heteroatoms. The molecular weight excluding hydrogens is 249 g/mol. The van der Waals surface area contributed by atoms with Crippen LogP contribution in [-0.2, 0) is 0 Å². The van der Waals surface area contributed by atoms with Crippen LogP contribution in [0.3, 0.4) is 0 Å². The van der Waals surface area contributed by atoms with Crippen LogP contribution >= 0.6 is 0 Å². The first-order valence-electron chi connectivity index (χ1n) is 7.06. The molecule has 1 nitrogen and oxygen atoms in total. The molecule has 0 spiro atoms. The van der Waals surface area contributed by atoms with Crippen LogP contribution in [0.2, 0.25) is 0 Å². The van der Waals surface area contributed by atoms with Gasteiger partial charge in [-0.05, 0) is 50.5 Å². The zero-order valence-corrected chi connectivity index (χ0v) is 12.6. The van der Waals surface area contributed by atoms with Crippen molar-refractivity contribution in [1.29, 1.82) is 0 Å². The third kappa shape index (κ3) is 3.45. The summed E-state index contributed by atoms with van der Waals surface area (Å²) in [5, 5.41) is 3.51. The molecule has 0 heterocycles. The van der Waals surface area contributed by atoms with Gasteiger partial charge in [0.2, 0.25) is 0 Å². The largest absolute Gasteiger partial charge is 0.304 e. The molecule has 0 amide bonds. The van der Waals surface area contributed by atoms with Gasteiger partial charge >= 0.3 is 0 Å². The van der Waals surface area contributed by atoms with Crippen molar-refractivity contribution in [3.05, 3.63) is 70.5 Å². The van der Waals surface area contributed by atoms with Crippen LogP contribution in [0.25, 0.3) is 0 Å². The van der Waals surface area contributed by atoms with E-state index in [1.54, 1.807) is 13.0 Å². The minimum absolute atomic E-state index is 0.112. The van der Waals surface area contributed by atoms with Crippen LogP contribution in [0, 0.1) is 19.7 Å². The molecule has 2 aromatic rings. The Hall–Kier alpha value is -1.67. The fraction of sp³-hybridized carbons (Fsp3) is 0.333. The van der Waals surface area contributed by atoms with Crippen LogP contribution < -0.4 is 5.32 Å². The van der Waals surface area contributed by atoms with Gasteiger partial charge in [0.15, 0.2) is 0 Å². The Kier molecular flexibility index (Phi) is 4.56. The van der Waals surface area contributed by atoms with Crippen molar-refractivity contribution in [3.63, 3.8) is 0 Å². The molecule has 0 bridgehead atoms. The van der Waals surface area contributed by atoms with Gasteiger partial charge in [0.25, 0.3) is 0 Å². The van der Waals surface area contributed by atoms with E-state index in [1.807, 2.05) is 12.1 Å². The molecule has 2 rings (SSSR count). The summed E-state index contributed by atoms with van der Waals surface area (Å²) in [6.45, 7) is 8.06. The SMILES string of the molecule is Cc1ccc([C@@H](C)NC(C)c2ccc(C)c(F)c2)cc1. The van der Waals surface area contributed by atoms with Crippen molar-refractivity contribution in [2.24, 2.45) is 0 Å². The van der Waals surface area contributed by atoms with Crippen molar-refractivity contribution < 1.29 is 4.39 Å². The Morgan fingerprint density at radius 1 is 0.850 bits per heavy atom. The topological polar surface area (TPSA) is 12.0 Å². The van der Waals surface area contributed by atoms with E-state index >= 15 is 0 Å². The first kappa shape index (κ1) is 14.7. The minimum Gasteiger partial charge on any atom is -0.304 e. The molecule has 1 N–H and O–H groups in total. The van der Waals surface area contributed by atoms with Gasteiger partial charge in [-0.25, -0.2) is 4.39 Å². The number of hydrogen-bond donors (Lipinski definition) is 1. The highest BCUT2D eigenvalue weighted by Gasteiger charge is 2.12. The third-order valence-electron chi connectivity index (χ3n) is 3.77. The maximum absolute atomic E-state index is 13.6. The maximum Gasteiger partial charge on any atom is 0.126 e. The van der Waals surface area contributed by atoms with E-state index in [-0.39, 0.29) is 17.9 Å². The molecule has 106 valence electrons. The monoisotopic (exact) mass is 271 g/mol. The highest BCUT2D eigenvalue weighted by molar-refractivity contribution is 5.27. The minimum atomic E-state index is -0.140. The van der Waals surface area contributed by atoms with Gasteiger partial charge in [-0.1, -0.05) is 42.0 Å². The summed E-state index contributed by atoms with van der Waals surface area (Å²) in [6, 6.07) is 14.3. The van der Waals surface area contributed by atoms with Gasteiger partial charge in [0.05, 0.1) is 0 Å². The lowest BCUT2D eigenvalue weighted by Gasteiger charge is -2.21. The predicted molar refractivity (Wildman–Crippen MR) is 82.3 cm³/mol. The highest BCUT2D eigenvalue weighted by Crippen LogP contribution is 2.21. The van der Waals surface area contributed by atoms with E-state index in [0.717, 1.165) is 5.56 Å². The van der Waals surface area contributed by atoms with Gasteiger partial charge in [-0.3, -0.25) is 0 Å². The Morgan fingerprint density at radius 3 is 2.00 bits per heavy atom. The third-order valence-corrected chi connectivity index (χ3v) is 3.77. The molecule has 0 saturated heterocycles. The molecule has 2 aromatic carbocycles. The average Bonchev–Trinajstić information content (AvgIpc) is 2.42. The number of halogens is 1. The summed E-state index contributed by atoms with van der Waals surface area (Å²) in [7, 11) is 0. The van der Waals surface area contributed by atoms with E-state index in [1.165, 1.54) is 11.1 Å². The van der Waals surface area contributed by atoms with E-state index in [0.29, 0.717) is 5.56 Å². The maximum atomic E-state index is 13.6. The standard InChI is InChI=1S/C18H22FN/c1-12-5-8-16(9-6-12)14(3)20-15(4)17-10-7-13(2)18(19)11-17/h5-11,14-15,20H,1-4H3/t14-,15?/m1/s1. The lowest BCUT2D eigenvalue weighted by Crippen LogP contribution is -2.22. The van der Waals surface area contributed by atoms with Gasteiger partial charge in [0, 0.05) is 12.1 Å². The molecule has 2 atom stereocenters. The van der Waals surface area contributed by atoms with Gasteiger partial charge in [-0.2, -0.15) is 0 Å². The summed E-state index contributed by atoms with van der Waals surface area (Å²) in [5.74, 6) is -0.140. The second kappa shape index (κ2) is 6.19. The van der Waals surface area contributed by atoms with Crippen molar-refractivity contribution in [3.8, 4) is 0 Å². The molecule has 0 aliphatic heterocycles. The molecule has 0 aromatic heterocycles. The normalized spacial score (nSPS) is 14.1. The fourth-order valence-electron chi connectivity index (χ4n) is 2.30. The highest BCUT2D eigenvalue weighted by atomic mass is 19.1. The fourth-order valence-corrected chi connectivity index (χ4v) is 2.30. The molecule has 0 fully saturated rings. The summed E-state index contributed by atoms with van der Waals surface area (Å²) in [6.07, 6.45) is 0. The Bertz CT molecular complexity index is 574. The van der Waals surface area contributed by atoms with Crippen LogP contribution in [0.5, 0.6) is 0 Å². The molecule has 1 unspecified atom stereocenters. The van der Waals surface area contributed by atoms with Crippen LogP contribution in [-0.4, -0.2) is 0 Å². The van der Waals surface area contributed by atoms with Crippen LogP contribution in [0.4, 0.5) is 4.39 Å². The first-order valence-corrected chi connectivity index (χ1v) is 7.06. The molecular formula is C18H22FN. The first-order chi connectivity index (χ1) is 9.47. The number of nitrogens with one attached hydrogen (secondary N) is 1. The van der Waals surface area contributed by atoms with Crippen molar-refractivity contribution in [2.75, 3.05) is 0 Å². The molecule has 0 aliphatic carbocycles. The second-order valence-corrected chi connectivity index (χ2v) is 5.53. The van der Waals surface area contributed by atoms with E-state index < -0.39 is 0 Å². The van der Waals surface area contributed by atoms with Gasteiger partial charge < -0.3 is 5.32 Å². The molecule has 0 radical (unpaired) electrons. The lowest BCUT2D eigenvalue weighted by atomic mass is 10.0. The summed E-state index contributed by atoms with van der Waals surface area (Å²) < 4.78 is 13.6. The Labute approximate surface area is 120 Å². The number of benzene rings is 2. The van der Waals surface area contributed by atoms with E-state index in [2.05, 4.69) is 50.4 Å². The molecule has 0 saturated carbocycles. The van der Waals surface area contributed by atoms with Crippen LogP contribution in [0.1, 0.15) is 48.2 Å². The van der Waals surface area contributed by atoms with Crippen LogP contribution in [0.15, 0.2) is 42.5 Å². The number of hydrogen-bond acceptors (Lipinski definition) is 1. The van der Waals surface area contributed by atoms with Gasteiger partial charge in [-0.15, -0.1) is 0 Å². The van der Waals surface area contributed by atoms with E-state index in [9.17, 15) is 4.39 Å². The number of aryl methyl sites for hydroxylation is 2. The quantitative estimate of drug-likeness (QED) is 0.837. The Morgan fingerprint density at radius 2 is 1.40 bits per heavy atom. The lowest BCUT2D eigenvalue weighted by molar-refractivity contribution is 0.491. The smallest absolute Gasteiger partial charge is 0.126 e. The van der Waals surface area contributed by atoms with E-state index in [4.69, 9.17) is 0 Å². The van der Waals surface area contributed by atoms with Crippen molar-refractivity contribution in [2.45, 2.75) is 39.8 Å². The molecule has 0 aliphatic rings. The average molecular weight is 271 g/mol. The number of rotatable bonds is 4. The zero-order chi connectivity index (χ0) is 14.7. The summed E-state index contributed by atoms with van der Waals surface area (Å²) in [4.78, 5) is 0. The zero-order valence-electron chi connectivity index (χ0n) is 12.6. The van der Waals surface area contributed by atoms with Crippen molar-refractivity contribution >= 4 is 0 Å². The molecule has 20 heavy (non-hydrogen) atoms. The second-order valence-electron chi connectivity index (χ2n) is 5.53. The summed E-state index contributed by atoms with van der Waals surface area (Å²) in [5.41, 5.74) is 4.17.